The monoisotopic (exact) mass is 191 g/mol. The largest absolute Gasteiger partial charge is 0.481 e. The maximum Gasteiger partial charge on any atom is 0.303 e. The number of nitrogens with zero attached hydrogens (tertiary/aromatic N) is 1. The molecule has 2 rings (SSSR count). The van der Waals surface area contributed by atoms with E-state index in [1.165, 1.54) is 0 Å². The van der Waals surface area contributed by atoms with Crippen molar-refractivity contribution in [1.29, 1.82) is 0 Å². The summed E-state index contributed by atoms with van der Waals surface area (Å²) in [6, 6.07) is 3.68. The van der Waals surface area contributed by atoms with Crippen LogP contribution >= 0.6 is 0 Å². The fraction of sp³-hybridized carbons (Fsp3) is 0.200. The van der Waals surface area contributed by atoms with E-state index in [0.717, 1.165) is 16.7 Å². The smallest absolute Gasteiger partial charge is 0.303 e. The number of aliphatic carboxylic acids is 1. The third-order valence-electron chi connectivity index (χ3n) is 1.99. The number of carbonyl (C=O) groups is 1. The Hall–Kier alpha value is -1.84. The van der Waals surface area contributed by atoms with Crippen molar-refractivity contribution in [3.63, 3.8) is 0 Å². The highest BCUT2D eigenvalue weighted by molar-refractivity contribution is 5.76. The molecule has 2 aromatic rings. The lowest BCUT2D eigenvalue weighted by molar-refractivity contribution is -0.136. The maximum atomic E-state index is 10.3. The average Bonchev–Trinajstić information content (AvgIpc) is 2.61. The number of carboxylic acids is 1. The third kappa shape index (κ3) is 1.74. The number of aryl methyl sites for hydroxylation is 1. The minimum atomic E-state index is -0.806. The summed E-state index contributed by atoms with van der Waals surface area (Å²) < 4.78 is 5.12. The molecule has 0 spiro atoms. The van der Waals surface area contributed by atoms with Crippen LogP contribution < -0.4 is 0 Å². The van der Waals surface area contributed by atoms with Crippen molar-refractivity contribution in [2.75, 3.05) is 0 Å². The van der Waals surface area contributed by atoms with Crippen molar-refractivity contribution in [2.45, 2.75) is 12.8 Å². The van der Waals surface area contributed by atoms with Crippen LogP contribution in [-0.4, -0.2) is 16.1 Å². The predicted molar refractivity (Wildman–Crippen MR) is 50.0 cm³/mol. The van der Waals surface area contributed by atoms with Crippen LogP contribution in [-0.2, 0) is 11.2 Å². The number of hydrogen-bond donors (Lipinski definition) is 1. The number of pyridine rings is 1. The van der Waals surface area contributed by atoms with E-state index in [0.29, 0.717) is 6.42 Å². The lowest BCUT2D eigenvalue weighted by Gasteiger charge is -1.96. The molecule has 0 aliphatic rings. The minimum Gasteiger partial charge on any atom is -0.481 e. The second kappa shape index (κ2) is 3.49. The minimum absolute atomic E-state index is 0.107. The van der Waals surface area contributed by atoms with Gasteiger partial charge in [0.25, 0.3) is 0 Å². The lowest BCUT2D eigenvalue weighted by atomic mass is 10.2. The van der Waals surface area contributed by atoms with Gasteiger partial charge in [-0.2, -0.15) is 0 Å². The molecule has 0 atom stereocenters. The van der Waals surface area contributed by atoms with E-state index in [1.54, 1.807) is 12.5 Å². The van der Waals surface area contributed by atoms with E-state index in [-0.39, 0.29) is 6.42 Å². The Morgan fingerprint density at radius 2 is 2.43 bits per heavy atom. The van der Waals surface area contributed by atoms with E-state index >= 15 is 0 Å². The zero-order chi connectivity index (χ0) is 9.97. The topological polar surface area (TPSA) is 63.3 Å². The summed E-state index contributed by atoms with van der Waals surface area (Å²) in [5, 5.41) is 9.46. The van der Waals surface area contributed by atoms with E-state index < -0.39 is 5.97 Å². The van der Waals surface area contributed by atoms with E-state index in [1.807, 2.05) is 12.1 Å². The highest BCUT2D eigenvalue weighted by atomic mass is 16.4. The molecule has 0 aromatic carbocycles. The summed E-state index contributed by atoms with van der Waals surface area (Å²) in [5.41, 5.74) is 1.50. The molecular weight excluding hydrogens is 182 g/mol. The van der Waals surface area contributed by atoms with Gasteiger partial charge in [-0.1, -0.05) is 0 Å². The third-order valence-corrected chi connectivity index (χ3v) is 1.99. The van der Waals surface area contributed by atoms with Crippen molar-refractivity contribution in [3.8, 4) is 0 Å². The molecule has 1 N–H and O–H groups in total. The predicted octanol–water partition coefficient (Wildman–Crippen LogP) is 1.85. The first kappa shape index (κ1) is 8.74. The summed E-state index contributed by atoms with van der Waals surface area (Å²) in [7, 11) is 0. The number of rotatable bonds is 3. The molecular formula is C10H9NO3. The summed E-state index contributed by atoms with van der Waals surface area (Å²) in [6.45, 7) is 0. The Kier molecular flexibility index (Phi) is 2.18. The van der Waals surface area contributed by atoms with Gasteiger partial charge in [0.2, 0.25) is 0 Å². The molecule has 4 nitrogen and oxygen atoms in total. The standard InChI is InChI=1S/C10H9NO3/c12-10(13)2-1-8-5-7-3-4-14-9(7)6-11-8/h3-6H,1-2H2,(H,12,13). The van der Waals surface area contributed by atoms with Crippen molar-refractivity contribution in [1.82, 2.24) is 4.98 Å². The zero-order valence-corrected chi connectivity index (χ0v) is 7.43. The SMILES string of the molecule is O=C(O)CCc1cc2ccoc2cn1. The molecule has 0 amide bonds. The normalized spacial score (nSPS) is 10.6. The Bertz CT molecular complexity index is 461. The number of carboxylic acid groups (broad SMARTS) is 1. The molecule has 2 aromatic heterocycles. The van der Waals surface area contributed by atoms with Gasteiger partial charge in [-0.05, 0) is 12.1 Å². The lowest BCUT2D eigenvalue weighted by Crippen LogP contribution is -1.98. The average molecular weight is 191 g/mol. The van der Waals surface area contributed by atoms with Crippen molar-refractivity contribution in [3.05, 3.63) is 30.3 Å². The highest BCUT2D eigenvalue weighted by Gasteiger charge is 2.02. The molecule has 0 saturated heterocycles. The fourth-order valence-corrected chi connectivity index (χ4v) is 1.29. The van der Waals surface area contributed by atoms with Gasteiger partial charge in [-0.25, -0.2) is 0 Å². The van der Waals surface area contributed by atoms with Gasteiger partial charge < -0.3 is 9.52 Å². The van der Waals surface area contributed by atoms with Crippen LogP contribution in [0.3, 0.4) is 0 Å². The quantitative estimate of drug-likeness (QED) is 0.804. The molecule has 2 heterocycles. The molecule has 0 fully saturated rings. The van der Waals surface area contributed by atoms with Crippen LogP contribution in [0.4, 0.5) is 0 Å². The molecule has 14 heavy (non-hydrogen) atoms. The van der Waals surface area contributed by atoms with Gasteiger partial charge >= 0.3 is 5.97 Å². The van der Waals surface area contributed by atoms with Crippen LogP contribution in [0.5, 0.6) is 0 Å². The van der Waals surface area contributed by atoms with E-state index in [4.69, 9.17) is 9.52 Å². The van der Waals surface area contributed by atoms with Crippen LogP contribution in [0.25, 0.3) is 11.0 Å². The Morgan fingerprint density at radius 3 is 3.21 bits per heavy atom. The zero-order valence-electron chi connectivity index (χ0n) is 7.43. The van der Waals surface area contributed by atoms with Crippen LogP contribution in [0.15, 0.2) is 29.0 Å². The maximum absolute atomic E-state index is 10.3. The first-order valence-electron chi connectivity index (χ1n) is 4.29. The number of furan rings is 1. The molecule has 0 saturated carbocycles. The van der Waals surface area contributed by atoms with E-state index in [2.05, 4.69) is 4.98 Å². The number of hydrogen-bond acceptors (Lipinski definition) is 3. The van der Waals surface area contributed by atoms with Crippen LogP contribution in [0.2, 0.25) is 0 Å². The van der Waals surface area contributed by atoms with Crippen LogP contribution in [0.1, 0.15) is 12.1 Å². The first-order chi connectivity index (χ1) is 6.75. The summed E-state index contributed by atoms with van der Waals surface area (Å²) in [6.07, 6.45) is 3.77. The molecule has 72 valence electrons. The van der Waals surface area contributed by atoms with Crippen LogP contribution in [0, 0.1) is 0 Å². The molecule has 0 bridgehead atoms. The second-order valence-electron chi connectivity index (χ2n) is 3.03. The summed E-state index contributed by atoms with van der Waals surface area (Å²) in [5.74, 6) is -0.806. The number of aromatic nitrogens is 1. The summed E-state index contributed by atoms with van der Waals surface area (Å²) >= 11 is 0. The molecule has 4 heteroatoms. The van der Waals surface area contributed by atoms with Gasteiger partial charge in [0.15, 0.2) is 5.58 Å². The first-order valence-corrected chi connectivity index (χ1v) is 4.29. The van der Waals surface area contributed by atoms with Crippen molar-refractivity contribution >= 4 is 16.9 Å². The van der Waals surface area contributed by atoms with E-state index in [9.17, 15) is 4.79 Å². The van der Waals surface area contributed by atoms with Gasteiger partial charge in [0.1, 0.15) is 0 Å². The van der Waals surface area contributed by atoms with Gasteiger partial charge in [-0.3, -0.25) is 9.78 Å². The fourth-order valence-electron chi connectivity index (χ4n) is 1.29. The number of fused-ring (bicyclic) bond motifs is 1. The highest BCUT2D eigenvalue weighted by Crippen LogP contribution is 2.15. The molecule has 0 unspecified atom stereocenters. The Morgan fingerprint density at radius 1 is 1.57 bits per heavy atom. The summed E-state index contributed by atoms with van der Waals surface area (Å²) in [4.78, 5) is 14.4. The molecule has 0 aliphatic heterocycles. The van der Waals surface area contributed by atoms with Gasteiger partial charge in [-0.15, -0.1) is 0 Å². The Labute approximate surface area is 80.2 Å². The Balaban J connectivity index is 2.21. The second-order valence-corrected chi connectivity index (χ2v) is 3.03. The molecule has 0 aliphatic carbocycles. The van der Waals surface area contributed by atoms with Crippen molar-refractivity contribution in [2.24, 2.45) is 0 Å². The van der Waals surface area contributed by atoms with Gasteiger partial charge in [0, 0.05) is 17.5 Å². The van der Waals surface area contributed by atoms with Crippen molar-refractivity contribution < 1.29 is 14.3 Å². The van der Waals surface area contributed by atoms with Gasteiger partial charge in [0.05, 0.1) is 18.9 Å². The molecule has 0 radical (unpaired) electrons.